The smallest absolute Gasteiger partial charge is 0.166 e. The first kappa shape index (κ1) is 9.58. The molecule has 2 N–H and O–H groups in total. The number of nitrogens with zero attached hydrogens (tertiary/aromatic N) is 1. The van der Waals surface area contributed by atoms with Crippen molar-refractivity contribution >= 4 is 5.69 Å². The second kappa shape index (κ2) is 3.65. The van der Waals surface area contributed by atoms with Crippen LogP contribution in [0.1, 0.15) is 0 Å². The van der Waals surface area contributed by atoms with Crippen LogP contribution in [0.3, 0.4) is 0 Å². The van der Waals surface area contributed by atoms with Crippen LogP contribution in [0.5, 0.6) is 0 Å². The minimum absolute atomic E-state index is 0.148. The van der Waals surface area contributed by atoms with E-state index in [9.17, 15) is 8.78 Å². The van der Waals surface area contributed by atoms with Gasteiger partial charge in [0, 0.05) is 23.6 Å². The van der Waals surface area contributed by atoms with Gasteiger partial charge in [0.2, 0.25) is 0 Å². The van der Waals surface area contributed by atoms with Crippen molar-refractivity contribution in [3.8, 4) is 11.1 Å². The first-order valence-electron chi connectivity index (χ1n) is 4.33. The van der Waals surface area contributed by atoms with Gasteiger partial charge in [-0.2, -0.15) is 0 Å². The first-order chi connectivity index (χ1) is 7.18. The van der Waals surface area contributed by atoms with Crippen LogP contribution in [-0.2, 0) is 0 Å². The summed E-state index contributed by atoms with van der Waals surface area (Å²) in [7, 11) is 0. The van der Waals surface area contributed by atoms with Crippen LogP contribution in [0.2, 0.25) is 0 Å². The highest BCUT2D eigenvalue weighted by Crippen LogP contribution is 2.26. The molecule has 2 rings (SSSR count). The maximum Gasteiger partial charge on any atom is 0.166 e. The van der Waals surface area contributed by atoms with Crippen molar-refractivity contribution in [2.24, 2.45) is 0 Å². The molecule has 0 bridgehead atoms. The summed E-state index contributed by atoms with van der Waals surface area (Å²) in [6, 6.07) is 5.54. The highest BCUT2D eigenvalue weighted by Gasteiger charge is 2.10. The van der Waals surface area contributed by atoms with Gasteiger partial charge in [-0.15, -0.1) is 0 Å². The van der Waals surface area contributed by atoms with E-state index in [4.69, 9.17) is 5.73 Å². The van der Waals surface area contributed by atoms with Crippen LogP contribution in [0.25, 0.3) is 11.1 Å². The Morgan fingerprint density at radius 1 is 1.07 bits per heavy atom. The standard InChI is InChI=1S/C11H8F2N2/c12-10-6-8(14)5-9(11(10)13)7-1-3-15-4-2-7/h1-6H,14H2. The largest absolute Gasteiger partial charge is 0.399 e. The monoisotopic (exact) mass is 206 g/mol. The van der Waals surface area contributed by atoms with Crippen molar-refractivity contribution < 1.29 is 8.78 Å². The van der Waals surface area contributed by atoms with E-state index in [1.807, 2.05) is 0 Å². The van der Waals surface area contributed by atoms with Crippen LogP contribution in [0.15, 0.2) is 36.7 Å². The molecule has 0 saturated heterocycles. The number of aromatic nitrogens is 1. The molecule has 1 aromatic heterocycles. The molecule has 0 aliphatic heterocycles. The normalized spacial score (nSPS) is 10.3. The Labute approximate surface area is 85.4 Å². The average molecular weight is 206 g/mol. The number of hydrogen-bond acceptors (Lipinski definition) is 2. The average Bonchev–Trinajstić information content (AvgIpc) is 2.24. The summed E-state index contributed by atoms with van der Waals surface area (Å²) in [5, 5.41) is 0. The van der Waals surface area contributed by atoms with Gasteiger partial charge in [-0.1, -0.05) is 0 Å². The van der Waals surface area contributed by atoms with Crippen molar-refractivity contribution in [1.29, 1.82) is 0 Å². The van der Waals surface area contributed by atoms with Gasteiger partial charge < -0.3 is 5.73 Å². The third-order valence-corrected chi connectivity index (χ3v) is 2.04. The molecule has 0 fully saturated rings. The summed E-state index contributed by atoms with van der Waals surface area (Å²) in [5.41, 5.74) is 6.34. The Morgan fingerprint density at radius 3 is 2.40 bits per heavy atom. The molecule has 0 spiro atoms. The van der Waals surface area contributed by atoms with Crippen LogP contribution < -0.4 is 5.73 Å². The van der Waals surface area contributed by atoms with Gasteiger partial charge in [-0.05, 0) is 29.8 Å². The summed E-state index contributed by atoms with van der Waals surface area (Å²) in [5.74, 6) is -1.84. The molecule has 0 saturated carbocycles. The van der Waals surface area contributed by atoms with Crippen LogP contribution in [0.4, 0.5) is 14.5 Å². The number of anilines is 1. The lowest BCUT2D eigenvalue weighted by Crippen LogP contribution is -1.94. The van der Waals surface area contributed by atoms with E-state index in [-0.39, 0.29) is 11.3 Å². The molecule has 2 nitrogen and oxygen atoms in total. The van der Waals surface area contributed by atoms with Gasteiger partial charge in [0.05, 0.1) is 0 Å². The summed E-state index contributed by atoms with van der Waals surface area (Å²) >= 11 is 0. The second-order valence-electron chi connectivity index (χ2n) is 3.10. The Bertz CT molecular complexity index is 483. The summed E-state index contributed by atoms with van der Waals surface area (Å²) in [6.45, 7) is 0. The van der Waals surface area contributed by atoms with Gasteiger partial charge in [0.1, 0.15) is 0 Å². The minimum atomic E-state index is -0.943. The van der Waals surface area contributed by atoms with E-state index in [0.717, 1.165) is 6.07 Å². The lowest BCUT2D eigenvalue weighted by Gasteiger charge is -2.05. The van der Waals surface area contributed by atoms with Crippen molar-refractivity contribution in [2.45, 2.75) is 0 Å². The van der Waals surface area contributed by atoms with Crippen LogP contribution in [0, 0.1) is 11.6 Å². The summed E-state index contributed by atoms with van der Waals surface area (Å²) in [6.07, 6.45) is 3.02. The molecule has 1 heterocycles. The van der Waals surface area contributed by atoms with Gasteiger partial charge in [-0.25, -0.2) is 8.78 Å². The lowest BCUT2D eigenvalue weighted by molar-refractivity contribution is 0.512. The van der Waals surface area contributed by atoms with Gasteiger partial charge in [-0.3, -0.25) is 4.98 Å². The van der Waals surface area contributed by atoms with Crippen LogP contribution >= 0.6 is 0 Å². The quantitative estimate of drug-likeness (QED) is 0.728. The van der Waals surface area contributed by atoms with E-state index >= 15 is 0 Å². The zero-order valence-electron chi connectivity index (χ0n) is 7.74. The number of hydrogen-bond donors (Lipinski definition) is 1. The van der Waals surface area contributed by atoms with E-state index in [0.29, 0.717) is 5.56 Å². The Kier molecular flexibility index (Phi) is 2.33. The number of nitrogen functional groups attached to an aromatic ring is 1. The number of pyridine rings is 1. The van der Waals surface area contributed by atoms with E-state index in [2.05, 4.69) is 4.98 Å². The molecule has 15 heavy (non-hydrogen) atoms. The molecule has 0 atom stereocenters. The second-order valence-corrected chi connectivity index (χ2v) is 3.10. The van der Waals surface area contributed by atoms with Crippen molar-refractivity contribution in [3.63, 3.8) is 0 Å². The first-order valence-corrected chi connectivity index (χ1v) is 4.33. The SMILES string of the molecule is Nc1cc(F)c(F)c(-c2ccncc2)c1. The highest BCUT2D eigenvalue weighted by molar-refractivity contribution is 5.67. The molecule has 0 aliphatic carbocycles. The van der Waals surface area contributed by atoms with Gasteiger partial charge in [0.25, 0.3) is 0 Å². The zero-order valence-corrected chi connectivity index (χ0v) is 7.74. The fraction of sp³-hybridized carbons (Fsp3) is 0. The highest BCUT2D eigenvalue weighted by atomic mass is 19.2. The fourth-order valence-corrected chi connectivity index (χ4v) is 1.35. The van der Waals surface area contributed by atoms with Crippen molar-refractivity contribution in [3.05, 3.63) is 48.3 Å². The lowest BCUT2D eigenvalue weighted by atomic mass is 10.1. The minimum Gasteiger partial charge on any atom is -0.399 e. The van der Waals surface area contributed by atoms with E-state index in [1.165, 1.54) is 18.5 Å². The molecule has 0 aliphatic rings. The molecule has 4 heteroatoms. The Hall–Kier alpha value is -1.97. The number of benzene rings is 1. The molecule has 0 unspecified atom stereocenters. The third-order valence-electron chi connectivity index (χ3n) is 2.04. The predicted molar refractivity (Wildman–Crippen MR) is 54.0 cm³/mol. The Morgan fingerprint density at radius 2 is 1.73 bits per heavy atom. The summed E-state index contributed by atoms with van der Waals surface area (Å²) < 4.78 is 26.5. The Balaban J connectivity index is 2.63. The molecular formula is C11H8F2N2. The molecule has 0 radical (unpaired) electrons. The zero-order chi connectivity index (χ0) is 10.8. The molecule has 2 aromatic rings. The number of rotatable bonds is 1. The topological polar surface area (TPSA) is 38.9 Å². The maximum atomic E-state index is 13.4. The van der Waals surface area contributed by atoms with E-state index < -0.39 is 11.6 Å². The van der Waals surface area contributed by atoms with E-state index in [1.54, 1.807) is 12.1 Å². The van der Waals surface area contributed by atoms with Crippen molar-refractivity contribution in [2.75, 3.05) is 5.73 Å². The number of halogens is 2. The molecular weight excluding hydrogens is 198 g/mol. The molecule has 0 amide bonds. The number of nitrogens with two attached hydrogens (primary N) is 1. The fourth-order valence-electron chi connectivity index (χ4n) is 1.35. The third kappa shape index (κ3) is 1.79. The molecule has 76 valence electrons. The summed E-state index contributed by atoms with van der Waals surface area (Å²) in [4.78, 5) is 3.80. The van der Waals surface area contributed by atoms with Crippen LogP contribution in [-0.4, -0.2) is 4.98 Å². The predicted octanol–water partition coefficient (Wildman–Crippen LogP) is 2.61. The van der Waals surface area contributed by atoms with Gasteiger partial charge in [0.15, 0.2) is 11.6 Å². The maximum absolute atomic E-state index is 13.4. The van der Waals surface area contributed by atoms with Gasteiger partial charge >= 0.3 is 0 Å². The van der Waals surface area contributed by atoms with Crippen molar-refractivity contribution in [1.82, 2.24) is 4.98 Å². The molecule has 1 aromatic carbocycles.